The van der Waals surface area contributed by atoms with Crippen molar-refractivity contribution in [2.24, 2.45) is 0 Å². The van der Waals surface area contributed by atoms with Gasteiger partial charge in [0.2, 0.25) is 0 Å². The Morgan fingerprint density at radius 2 is 2.33 bits per heavy atom. The molecule has 0 aliphatic heterocycles. The fourth-order valence-electron chi connectivity index (χ4n) is 2.56. The molecular formula is C13H17N3OS. The number of hydrogen-bond acceptors (Lipinski definition) is 5. The molecule has 1 heterocycles. The first-order valence-corrected chi connectivity index (χ1v) is 7.51. The van der Waals surface area contributed by atoms with E-state index in [4.69, 9.17) is 10.2 Å². The van der Waals surface area contributed by atoms with Crippen molar-refractivity contribution in [3.63, 3.8) is 0 Å². The van der Waals surface area contributed by atoms with E-state index < -0.39 is 0 Å². The number of aromatic nitrogens is 1. The van der Waals surface area contributed by atoms with Crippen LogP contribution < -0.4 is 11.1 Å². The Morgan fingerprint density at radius 1 is 1.44 bits per heavy atom. The van der Waals surface area contributed by atoms with Crippen LogP contribution in [0.1, 0.15) is 19.3 Å². The monoisotopic (exact) mass is 263 g/mol. The van der Waals surface area contributed by atoms with Gasteiger partial charge in [-0.3, -0.25) is 0 Å². The van der Waals surface area contributed by atoms with Crippen molar-refractivity contribution < 1.29 is 4.42 Å². The summed E-state index contributed by atoms with van der Waals surface area (Å²) >= 11 is 1.91. The molecule has 1 aromatic carbocycles. The van der Waals surface area contributed by atoms with E-state index in [0.29, 0.717) is 23.0 Å². The number of thioether (sulfide) groups is 1. The van der Waals surface area contributed by atoms with Gasteiger partial charge in [-0.2, -0.15) is 16.7 Å². The van der Waals surface area contributed by atoms with E-state index in [1.54, 1.807) is 0 Å². The van der Waals surface area contributed by atoms with E-state index >= 15 is 0 Å². The van der Waals surface area contributed by atoms with Gasteiger partial charge in [0.25, 0.3) is 6.01 Å². The highest BCUT2D eigenvalue weighted by molar-refractivity contribution is 7.99. The van der Waals surface area contributed by atoms with Crippen LogP contribution in [0.15, 0.2) is 22.6 Å². The third-order valence-electron chi connectivity index (χ3n) is 3.51. The van der Waals surface area contributed by atoms with Crippen molar-refractivity contribution in [3.8, 4) is 0 Å². The number of nitrogens with two attached hydrogens (primary N) is 1. The molecule has 5 heteroatoms. The molecule has 3 rings (SSSR count). The van der Waals surface area contributed by atoms with Gasteiger partial charge in [-0.05, 0) is 31.2 Å². The molecule has 0 radical (unpaired) electrons. The smallest absolute Gasteiger partial charge is 0.296 e. The molecule has 18 heavy (non-hydrogen) atoms. The van der Waals surface area contributed by atoms with Crippen molar-refractivity contribution in [2.45, 2.75) is 30.6 Å². The summed E-state index contributed by atoms with van der Waals surface area (Å²) in [5.74, 6) is 0. The predicted octanol–water partition coefficient (Wildman–Crippen LogP) is 3.11. The highest BCUT2D eigenvalue weighted by Gasteiger charge is 2.27. The van der Waals surface area contributed by atoms with Crippen LogP contribution in [0.25, 0.3) is 11.1 Å². The van der Waals surface area contributed by atoms with Crippen LogP contribution in [0.4, 0.5) is 11.7 Å². The molecule has 2 aromatic rings. The largest absolute Gasteiger partial charge is 0.423 e. The molecule has 1 aliphatic rings. The fraction of sp³-hybridized carbons (Fsp3) is 0.462. The molecule has 2 unspecified atom stereocenters. The molecule has 1 fully saturated rings. The maximum atomic E-state index is 5.88. The van der Waals surface area contributed by atoms with Gasteiger partial charge in [0.05, 0.1) is 5.69 Å². The van der Waals surface area contributed by atoms with Crippen LogP contribution in [-0.2, 0) is 0 Å². The maximum Gasteiger partial charge on any atom is 0.296 e. The number of rotatable bonds is 3. The van der Waals surface area contributed by atoms with Gasteiger partial charge in [0.15, 0.2) is 5.58 Å². The minimum atomic E-state index is 0.453. The fourth-order valence-corrected chi connectivity index (χ4v) is 3.50. The van der Waals surface area contributed by atoms with Gasteiger partial charge in [-0.25, -0.2) is 0 Å². The van der Waals surface area contributed by atoms with Gasteiger partial charge in [0, 0.05) is 11.3 Å². The van der Waals surface area contributed by atoms with Crippen LogP contribution in [0.5, 0.6) is 0 Å². The number of benzene rings is 1. The van der Waals surface area contributed by atoms with Gasteiger partial charge < -0.3 is 15.5 Å². The van der Waals surface area contributed by atoms with E-state index in [-0.39, 0.29) is 0 Å². The van der Waals surface area contributed by atoms with E-state index in [1.165, 1.54) is 19.3 Å². The Bertz CT molecular complexity index is 554. The lowest BCUT2D eigenvalue weighted by molar-refractivity contribution is 0.596. The van der Waals surface area contributed by atoms with Crippen LogP contribution in [0.3, 0.4) is 0 Å². The molecule has 0 saturated heterocycles. The van der Waals surface area contributed by atoms with E-state index in [1.807, 2.05) is 30.0 Å². The summed E-state index contributed by atoms with van der Waals surface area (Å²) in [6.45, 7) is 0. The average Bonchev–Trinajstić information content (AvgIpc) is 2.96. The normalized spacial score (nSPS) is 23.6. The Kier molecular flexibility index (Phi) is 3.07. The Labute approximate surface area is 110 Å². The molecular weight excluding hydrogens is 246 g/mol. The molecule has 0 bridgehead atoms. The van der Waals surface area contributed by atoms with Crippen molar-refractivity contribution in [1.82, 2.24) is 4.98 Å². The van der Waals surface area contributed by atoms with E-state index in [2.05, 4.69) is 16.6 Å². The first-order chi connectivity index (χ1) is 8.78. The van der Waals surface area contributed by atoms with Crippen LogP contribution in [-0.4, -0.2) is 22.5 Å². The van der Waals surface area contributed by atoms with Gasteiger partial charge in [0.1, 0.15) is 5.52 Å². The maximum absolute atomic E-state index is 5.88. The van der Waals surface area contributed by atoms with Crippen LogP contribution in [0.2, 0.25) is 0 Å². The highest BCUT2D eigenvalue weighted by atomic mass is 32.2. The average molecular weight is 263 g/mol. The Balaban J connectivity index is 1.84. The lowest BCUT2D eigenvalue weighted by atomic mass is 10.2. The second-order valence-corrected chi connectivity index (χ2v) is 5.75. The van der Waals surface area contributed by atoms with Gasteiger partial charge in [-0.15, -0.1) is 0 Å². The van der Waals surface area contributed by atoms with E-state index in [9.17, 15) is 0 Å². The number of anilines is 2. The van der Waals surface area contributed by atoms with Crippen LogP contribution >= 0.6 is 11.8 Å². The Hall–Kier alpha value is -1.36. The number of oxazole rings is 1. The Morgan fingerprint density at radius 3 is 3.11 bits per heavy atom. The summed E-state index contributed by atoms with van der Waals surface area (Å²) in [5, 5.41) is 4.05. The number of fused-ring (bicyclic) bond motifs is 1. The topological polar surface area (TPSA) is 64.1 Å². The molecule has 3 N–H and O–H groups in total. The zero-order valence-corrected chi connectivity index (χ0v) is 11.2. The minimum Gasteiger partial charge on any atom is -0.423 e. The molecule has 1 saturated carbocycles. The van der Waals surface area contributed by atoms with Crippen molar-refractivity contribution in [3.05, 3.63) is 18.2 Å². The number of nitrogens with one attached hydrogen (secondary N) is 1. The quantitative estimate of drug-likeness (QED) is 0.833. The standard InChI is InChI=1S/C13H17N3OS/c1-18-11-7-3-5-9(11)15-13-16-12-8(14)4-2-6-10(12)17-13/h2,4,6,9,11H,3,5,7,14H2,1H3,(H,15,16). The second-order valence-electron chi connectivity index (χ2n) is 4.67. The number of hydrogen-bond donors (Lipinski definition) is 2. The highest BCUT2D eigenvalue weighted by Crippen LogP contribution is 2.32. The van der Waals surface area contributed by atoms with Crippen molar-refractivity contribution >= 4 is 34.6 Å². The SMILES string of the molecule is CSC1CCCC1Nc1nc2c(N)cccc2o1. The van der Waals surface area contributed by atoms with E-state index in [0.717, 1.165) is 11.1 Å². The van der Waals surface area contributed by atoms with Gasteiger partial charge in [-0.1, -0.05) is 12.5 Å². The first kappa shape index (κ1) is 11.7. The lowest BCUT2D eigenvalue weighted by Crippen LogP contribution is -2.25. The third-order valence-corrected chi connectivity index (χ3v) is 4.68. The minimum absolute atomic E-state index is 0.453. The second kappa shape index (κ2) is 4.72. The summed E-state index contributed by atoms with van der Waals surface area (Å²) in [5.41, 5.74) is 8.04. The zero-order chi connectivity index (χ0) is 12.5. The molecule has 2 atom stereocenters. The molecule has 1 aliphatic carbocycles. The molecule has 0 spiro atoms. The molecule has 96 valence electrons. The molecule has 0 amide bonds. The number of para-hydroxylation sites is 1. The summed E-state index contributed by atoms with van der Waals surface area (Å²) in [6.07, 6.45) is 5.88. The van der Waals surface area contributed by atoms with Crippen molar-refractivity contribution in [1.29, 1.82) is 0 Å². The molecule has 4 nitrogen and oxygen atoms in total. The number of nitrogens with zero attached hydrogens (tertiary/aromatic N) is 1. The van der Waals surface area contributed by atoms with Crippen LogP contribution in [0, 0.1) is 0 Å². The number of nitrogen functional groups attached to an aromatic ring is 1. The summed E-state index contributed by atoms with van der Waals surface area (Å²) in [7, 11) is 0. The summed E-state index contributed by atoms with van der Waals surface area (Å²) < 4.78 is 5.69. The zero-order valence-electron chi connectivity index (χ0n) is 10.3. The van der Waals surface area contributed by atoms with Gasteiger partial charge >= 0.3 is 0 Å². The lowest BCUT2D eigenvalue weighted by Gasteiger charge is -2.17. The first-order valence-electron chi connectivity index (χ1n) is 6.22. The third kappa shape index (κ3) is 2.03. The predicted molar refractivity (Wildman–Crippen MR) is 77.0 cm³/mol. The summed E-state index contributed by atoms with van der Waals surface area (Å²) in [4.78, 5) is 4.43. The molecule has 1 aromatic heterocycles. The summed E-state index contributed by atoms with van der Waals surface area (Å²) in [6, 6.07) is 6.66. The van der Waals surface area contributed by atoms with Crippen molar-refractivity contribution in [2.75, 3.05) is 17.3 Å².